The molecule has 2 rings (SSSR count). The standard InChI is InChI=1S/C25H36O7/c1-10(2)14(16-21(29)13(6)24(32-9)25(7,8)23(16)31)15-19(27)12(5)20(28)17(22(15)30)18(26)11(3)4/h10-11,14,16,23,27-28,30-31H,1-9H3. The molecular formula is C25H36O7. The molecule has 1 aliphatic carbocycles. The van der Waals surface area contributed by atoms with Crippen molar-refractivity contribution in [1.82, 2.24) is 0 Å². The Balaban J connectivity index is 2.89. The maximum absolute atomic E-state index is 13.4. The van der Waals surface area contributed by atoms with Crippen molar-refractivity contribution in [3.05, 3.63) is 28.0 Å². The van der Waals surface area contributed by atoms with E-state index in [0.717, 1.165) is 0 Å². The van der Waals surface area contributed by atoms with Gasteiger partial charge < -0.3 is 25.2 Å². The predicted octanol–water partition coefficient (Wildman–Crippen LogP) is 4.20. The molecule has 32 heavy (non-hydrogen) atoms. The molecule has 0 aliphatic heterocycles. The minimum atomic E-state index is -1.18. The lowest BCUT2D eigenvalue weighted by atomic mass is 9.61. The molecule has 178 valence electrons. The molecule has 7 heteroatoms. The first-order valence-corrected chi connectivity index (χ1v) is 10.9. The van der Waals surface area contributed by atoms with E-state index in [9.17, 15) is 30.0 Å². The van der Waals surface area contributed by atoms with E-state index in [-0.39, 0.29) is 28.4 Å². The van der Waals surface area contributed by atoms with Crippen LogP contribution in [-0.2, 0) is 9.53 Å². The number of ether oxygens (including phenoxy) is 1. The topological polar surface area (TPSA) is 124 Å². The third-order valence-corrected chi connectivity index (χ3v) is 6.79. The zero-order valence-electron chi connectivity index (χ0n) is 20.4. The van der Waals surface area contributed by atoms with E-state index < -0.39 is 52.3 Å². The number of carbonyl (C=O) groups is 2. The summed E-state index contributed by atoms with van der Waals surface area (Å²) >= 11 is 0. The molecule has 1 aromatic rings. The number of Topliss-reactive ketones (excluding diaryl/α,β-unsaturated/α-hetero) is 2. The highest BCUT2D eigenvalue weighted by Crippen LogP contribution is 2.54. The second-order valence-corrected chi connectivity index (χ2v) is 9.96. The molecule has 0 saturated heterocycles. The van der Waals surface area contributed by atoms with Crippen LogP contribution < -0.4 is 0 Å². The number of phenols is 3. The van der Waals surface area contributed by atoms with Gasteiger partial charge in [-0.3, -0.25) is 9.59 Å². The van der Waals surface area contributed by atoms with Crippen molar-refractivity contribution in [2.75, 3.05) is 7.11 Å². The zero-order chi connectivity index (χ0) is 24.9. The number of allylic oxidation sites excluding steroid dienone is 1. The SMILES string of the molecule is COC1=C(C)C(=O)C(C(c2c(O)c(C)c(O)c(C(=O)C(C)C)c2O)C(C)C)C(O)C1(C)C. The number of methoxy groups -OCH3 is 1. The third kappa shape index (κ3) is 3.76. The van der Waals surface area contributed by atoms with Crippen molar-refractivity contribution in [3.8, 4) is 17.2 Å². The van der Waals surface area contributed by atoms with Crippen LogP contribution in [-0.4, -0.2) is 45.2 Å². The summed E-state index contributed by atoms with van der Waals surface area (Å²) in [4.78, 5) is 26.2. The largest absolute Gasteiger partial charge is 0.507 e. The first-order chi connectivity index (χ1) is 14.6. The summed E-state index contributed by atoms with van der Waals surface area (Å²) in [5.41, 5.74) is -0.794. The number of phenolic OH excluding ortho intramolecular Hbond substituents is 3. The predicted molar refractivity (Wildman–Crippen MR) is 121 cm³/mol. The lowest BCUT2D eigenvalue weighted by Crippen LogP contribution is -2.49. The minimum Gasteiger partial charge on any atom is -0.507 e. The van der Waals surface area contributed by atoms with Crippen LogP contribution in [0.4, 0.5) is 0 Å². The lowest BCUT2D eigenvalue weighted by molar-refractivity contribution is -0.132. The van der Waals surface area contributed by atoms with Gasteiger partial charge in [0.05, 0.1) is 19.1 Å². The van der Waals surface area contributed by atoms with E-state index >= 15 is 0 Å². The number of rotatable bonds is 6. The van der Waals surface area contributed by atoms with E-state index in [1.54, 1.807) is 34.6 Å². The van der Waals surface area contributed by atoms with Crippen LogP contribution in [0.3, 0.4) is 0 Å². The van der Waals surface area contributed by atoms with Gasteiger partial charge in [0, 0.05) is 34.0 Å². The molecule has 0 fully saturated rings. The van der Waals surface area contributed by atoms with Crippen LogP contribution >= 0.6 is 0 Å². The summed E-state index contributed by atoms with van der Waals surface area (Å²) in [6, 6.07) is 0. The van der Waals surface area contributed by atoms with E-state index in [4.69, 9.17) is 4.74 Å². The molecule has 3 atom stereocenters. The van der Waals surface area contributed by atoms with Crippen molar-refractivity contribution in [3.63, 3.8) is 0 Å². The molecule has 7 nitrogen and oxygen atoms in total. The molecule has 0 aromatic heterocycles. The number of aliphatic hydroxyl groups is 1. The second kappa shape index (κ2) is 8.77. The lowest BCUT2D eigenvalue weighted by Gasteiger charge is -2.45. The molecule has 0 heterocycles. The Kier molecular flexibility index (Phi) is 7.05. The molecule has 0 radical (unpaired) electrons. The summed E-state index contributed by atoms with van der Waals surface area (Å²) in [6.07, 6.45) is -1.18. The molecule has 4 N–H and O–H groups in total. The van der Waals surface area contributed by atoms with Gasteiger partial charge in [0.1, 0.15) is 28.6 Å². The fourth-order valence-corrected chi connectivity index (χ4v) is 4.97. The number of aromatic hydroxyl groups is 3. The van der Waals surface area contributed by atoms with Gasteiger partial charge in [0.2, 0.25) is 0 Å². The van der Waals surface area contributed by atoms with Gasteiger partial charge in [0.15, 0.2) is 11.6 Å². The number of hydrogen-bond acceptors (Lipinski definition) is 7. The van der Waals surface area contributed by atoms with Gasteiger partial charge in [-0.15, -0.1) is 0 Å². The monoisotopic (exact) mass is 448 g/mol. The summed E-state index contributed by atoms with van der Waals surface area (Å²) in [7, 11) is 1.45. The second-order valence-electron chi connectivity index (χ2n) is 9.96. The summed E-state index contributed by atoms with van der Waals surface area (Å²) in [6.45, 7) is 13.5. The van der Waals surface area contributed by atoms with Crippen LogP contribution in [0.2, 0.25) is 0 Å². The number of hydrogen-bond donors (Lipinski definition) is 4. The Morgan fingerprint density at radius 1 is 1.00 bits per heavy atom. The maximum Gasteiger partial charge on any atom is 0.172 e. The fraction of sp³-hybridized carbons (Fsp3) is 0.600. The molecular weight excluding hydrogens is 412 g/mol. The molecule has 1 aromatic carbocycles. The normalized spacial score (nSPS) is 21.9. The van der Waals surface area contributed by atoms with Gasteiger partial charge in [-0.1, -0.05) is 41.5 Å². The van der Waals surface area contributed by atoms with Gasteiger partial charge in [-0.2, -0.15) is 0 Å². The Hall–Kier alpha value is -2.54. The molecule has 0 bridgehead atoms. The number of benzene rings is 1. The van der Waals surface area contributed by atoms with Crippen LogP contribution in [0.25, 0.3) is 0 Å². The minimum absolute atomic E-state index is 0.0128. The molecule has 0 saturated carbocycles. The Labute approximate surface area is 189 Å². The highest BCUT2D eigenvalue weighted by Gasteiger charge is 2.52. The van der Waals surface area contributed by atoms with Crippen LogP contribution in [0.15, 0.2) is 11.3 Å². The average Bonchev–Trinajstić information content (AvgIpc) is 2.69. The molecule has 0 spiro atoms. The number of ketones is 2. The number of aliphatic hydroxyl groups excluding tert-OH is 1. The zero-order valence-corrected chi connectivity index (χ0v) is 20.4. The molecule has 3 unspecified atom stereocenters. The van der Waals surface area contributed by atoms with Gasteiger partial charge in [-0.25, -0.2) is 0 Å². The van der Waals surface area contributed by atoms with E-state index in [2.05, 4.69) is 0 Å². The number of carbonyl (C=O) groups excluding carboxylic acids is 2. The van der Waals surface area contributed by atoms with Crippen molar-refractivity contribution in [1.29, 1.82) is 0 Å². The molecule has 1 aliphatic rings. The Morgan fingerprint density at radius 3 is 1.97 bits per heavy atom. The van der Waals surface area contributed by atoms with E-state index in [0.29, 0.717) is 11.3 Å². The summed E-state index contributed by atoms with van der Waals surface area (Å²) in [5, 5.41) is 44.0. The van der Waals surface area contributed by atoms with Gasteiger partial charge >= 0.3 is 0 Å². The highest BCUT2D eigenvalue weighted by atomic mass is 16.5. The fourth-order valence-electron chi connectivity index (χ4n) is 4.97. The quantitative estimate of drug-likeness (QED) is 0.481. The highest BCUT2D eigenvalue weighted by molar-refractivity contribution is 6.04. The summed E-state index contributed by atoms with van der Waals surface area (Å²) < 4.78 is 5.44. The van der Waals surface area contributed by atoms with Crippen molar-refractivity contribution in [2.24, 2.45) is 23.2 Å². The van der Waals surface area contributed by atoms with Gasteiger partial charge in [0.25, 0.3) is 0 Å². The van der Waals surface area contributed by atoms with E-state index in [1.807, 2.05) is 13.8 Å². The first-order valence-electron chi connectivity index (χ1n) is 10.9. The van der Waals surface area contributed by atoms with Crippen molar-refractivity contribution < 1.29 is 34.8 Å². The van der Waals surface area contributed by atoms with E-state index in [1.165, 1.54) is 14.0 Å². The Morgan fingerprint density at radius 2 is 1.53 bits per heavy atom. The Bertz CT molecular complexity index is 969. The smallest absolute Gasteiger partial charge is 0.172 e. The average molecular weight is 449 g/mol. The third-order valence-electron chi connectivity index (χ3n) is 6.79. The van der Waals surface area contributed by atoms with Crippen molar-refractivity contribution >= 4 is 11.6 Å². The summed E-state index contributed by atoms with van der Waals surface area (Å²) in [5.74, 6) is -4.55. The van der Waals surface area contributed by atoms with Crippen molar-refractivity contribution in [2.45, 2.75) is 67.4 Å². The molecule has 0 amide bonds. The van der Waals surface area contributed by atoms with Crippen LogP contribution in [0.5, 0.6) is 17.2 Å². The maximum atomic E-state index is 13.4. The van der Waals surface area contributed by atoms with Crippen LogP contribution in [0, 0.1) is 30.1 Å². The van der Waals surface area contributed by atoms with Crippen LogP contribution in [0.1, 0.15) is 75.9 Å². The first kappa shape index (κ1) is 25.7. The van der Waals surface area contributed by atoms with Gasteiger partial charge in [-0.05, 0) is 19.8 Å².